The third kappa shape index (κ3) is 3.51. The van der Waals surface area contributed by atoms with Crippen molar-refractivity contribution in [3.63, 3.8) is 0 Å². The Morgan fingerprint density at radius 3 is 2.24 bits per heavy atom. The van der Waals surface area contributed by atoms with Crippen LogP contribution >= 0.6 is 0 Å². The SMILES string of the molecule is CCCN(CCC)C(=O)c1ccc(F)cc1F. The molecule has 0 bridgehead atoms. The lowest BCUT2D eigenvalue weighted by atomic mass is 10.1. The van der Waals surface area contributed by atoms with Crippen molar-refractivity contribution >= 4 is 5.91 Å². The average molecular weight is 241 g/mol. The molecule has 0 fully saturated rings. The van der Waals surface area contributed by atoms with Crippen molar-refractivity contribution in [2.24, 2.45) is 0 Å². The van der Waals surface area contributed by atoms with E-state index in [1.54, 1.807) is 4.90 Å². The Balaban J connectivity index is 2.92. The number of nitrogens with zero attached hydrogens (tertiary/aromatic N) is 1. The molecule has 1 aromatic rings. The Hall–Kier alpha value is -1.45. The van der Waals surface area contributed by atoms with Crippen LogP contribution in [0.5, 0.6) is 0 Å². The van der Waals surface area contributed by atoms with Gasteiger partial charge in [0.15, 0.2) is 0 Å². The van der Waals surface area contributed by atoms with E-state index in [4.69, 9.17) is 0 Å². The fraction of sp³-hybridized carbons (Fsp3) is 0.462. The lowest BCUT2D eigenvalue weighted by Crippen LogP contribution is -2.33. The van der Waals surface area contributed by atoms with Crippen LogP contribution in [0.25, 0.3) is 0 Å². The highest BCUT2D eigenvalue weighted by Crippen LogP contribution is 2.13. The van der Waals surface area contributed by atoms with Crippen molar-refractivity contribution in [2.75, 3.05) is 13.1 Å². The molecule has 0 saturated carbocycles. The second-order valence-corrected chi connectivity index (χ2v) is 3.92. The van der Waals surface area contributed by atoms with Crippen molar-refractivity contribution in [1.82, 2.24) is 4.90 Å². The molecule has 1 rings (SSSR count). The summed E-state index contributed by atoms with van der Waals surface area (Å²) in [6, 6.07) is 3.04. The predicted molar refractivity (Wildman–Crippen MR) is 62.8 cm³/mol. The number of carbonyl (C=O) groups is 1. The molecule has 0 radical (unpaired) electrons. The molecule has 0 saturated heterocycles. The number of hydrogen-bond donors (Lipinski definition) is 0. The fourth-order valence-corrected chi connectivity index (χ4v) is 1.69. The molecular weight excluding hydrogens is 224 g/mol. The number of rotatable bonds is 5. The third-order valence-electron chi connectivity index (χ3n) is 2.44. The molecule has 2 nitrogen and oxygen atoms in total. The minimum Gasteiger partial charge on any atom is -0.339 e. The van der Waals surface area contributed by atoms with Gasteiger partial charge in [0, 0.05) is 19.2 Å². The number of amides is 1. The Morgan fingerprint density at radius 2 is 1.76 bits per heavy atom. The van der Waals surface area contributed by atoms with Crippen molar-refractivity contribution in [3.8, 4) is 0 Å². The summed E-state index contributed by atoms with van der Waals surface area (Å²) in [5.74, 6) is -1.84. The first-order valence-electron chi connectivity index (χ1n) is 5.84. The maximum atomic E-state index is 13.5. The Morgan fingerprint density at radius 1 is 1.18 bits per heavy atom. The van der Waals surface area contributed by atoms with E-state index in [-0.39, 0.29) is 11.5 Å². The zero-order valence-electron chi connectivity index (χ0n) is 10.2. The van der Waals surface area contributed by atoms with Crippen molar-refractivity contribution in [3.05, 3.63) is 35.4 Å². The minimum atomic E-state index is -0.799. The summed E-state index contributed by atoms with van der Waals surface area (Å²) in [6.45, 7) is 5.08. The molecule has 17 heavy (non-hydrogen) atoms. The lowest BCUT2D eigenvalue weighted by molar-refractivity contribution is 0.0751. The summed E-state index contributed by atoms with van der Waals surface area (Å²) in [4.78, 5) is 13.6. The average Bonchev–Trinajstić information content (AvgIpc) is 2.28. The van der Waals surface area contributed by atoms with Crippen molar-refractivity contribution < 1.29 is 13.6 Å². The van der Waals surface area contributed by atoms with E-state index >= 15 is 0 Å². The van der Waals surface area contributed by atoms with Crippen LogP contribution in [-0.2, 0) is 0 Å². The minimum absolute atomic E-state index is 0.0618. The second-order valence-electron chi connectivity index (χ2n) is 3.92. The molecule has 0 aliphatic heterocycles. The maximum absolute atomic E-state index is 13.5. The smallest absolute Gasteiger partial charge is 0.256 e. The predicted octanol–water partition coefficient (Wildman–Crippen LogP) is 3.23. The number of benzene rings is 1. The normalized spacial score (nSPS) is 10.4. The Kier molecular flexibility index (Phi) is 5.07. The number of hydrogen-bond acceptors (Lipinski definition) is 1. The molecule has 0 heterocycles. The molecule has 1 aromatic carbocycles. The molecule has 0 N–H and O–H groups in total. The summed E-state index contributed by atoms with van der Waals surface area (Å²) < 4.78 is 26.2. The largest absolute Gasteiger partial charge is 0.339 e. The monoisotopic (exact) mass is 241 g/mol. The van der Waals surface area contributed by atoms with Crippen LogP contribution in [0.3, 0.4) is 0 Å². The molecule has 0 aliphatic carbocycles. The van der Waals surface area contributed by atoms with Gasteiger partial charge in [0.05, 0.1) is 5.56 Å². The topological polar surface area (TPSA) is 20.3 Å². The molecule has 4 heteroatoms. The van der Waals surface area contributed by atoms with E-state index < -0.39 is 11.6 Å². The molecule has 94 valence electrons. The molecule has 0 aromatic heterocycles. The molecule has 1 amide bonds. The van der Waals surface area contributed by atoms with Crippen LogP contribution in [0.1, 0.15) is 37.0 Å². The van der Waals surface area contributed by atoms with Crippen LogP contribution in [0.15, 0.2) is 18.2 Å². The van der Waals surface area contributed by atoms with E-state index in [0.29, 0.717) is 13.1 Å². The lowest BCUT2D eigenvalue weighted by Gasteiger charge is -2.21. The molecule has 0 aliphatic rings. The zero-order valence-corrected chi connectivity index (χ0v) is 10.2. The summed E-state index contributed by atoms with van der Waals surface area (Å²) in [5.41, 5.74) is -0.0618. The first-order chi connectivity index (χ1) is 8.10. The van der Waals surface area contributed by atoms with E-state index in [9.17, 15) is 13.6 Å². The molecule has 0 unspecified atom stereocenters. The Labute approximate surface area is 100 Å². The summed E-state index contributed by atoms with van der Waals surface area (Å²) in [6.07, 6.45) is 1.63. The van der Waals surface area contributed by atoms with Crippen LogP contribution in [0, 0.1) is 11.6 Å². The molecule has 0 spiro atoms. The van der Waals surface area contributed by atoms with E-state index in [2.05, 4.69) is 0 Å². The highest BCUT2D eigenvalue weighted by molar-refractivity contribution is 5.94. The fourth-order valence-electron chi connectivity index (χ4n) is 1.69. The van der Waals surface area contributed by atoms with Gasteiger partial charge in [-0.1, -0.05) is 13.8 Å². The van der Waals surface area contributed by atoms with Gasteiger partial charge in [0.2, 0.25) is 0 Å². The Bertz CT molecular complexity index is 387. The van der Waals surface area contributed by atoms with Gasteiger partial charge in [-0.3, -0.25) is 4.79 Å². The van der Waals surface area contributed by atoms with Crippen molar-refractivity contribution in [2.45, 2.75) is 26.7 Å². The van der Waals surface area contributed by atoms with Gasteiger partial charge >= 0.3 is 0 Å². The van der Waals surface area contributed by atoms with Crippen molar-refractivity contribution in [1.29, 1.82) is 0 Å². The highest BCUT2D eigenvalue weighted by atomic mass is 19.1. The zero-order chi connectivity index (χ0) is 12.8. The number of halogens is 2. The molecule has 0 atom stereocenters. The standard InChI is InChI=1S/C13H17F2NO/c1-3-7-16(8-4-2)13(17)11-6-5-10(14)9-12(11)15/h5-6,9H,3-4,7-8H2,1-2H3. The molecular formula is C13H17F2NO. The van der Waals surface area contributed by atoms with E-state index in [0.717, 1.165) is 25.0 Å². The van der Waals surface area contributed by atoms with E-state index in [1.807, 2.05) is 13.8 Å². The van der Waals surface area contributed by atoms with E-state index in [1.165, 1.54) is 6.07 Å². The van der Waals surface area contributed by atoms with Gasteiger partial charge in [-0.15, -0.1) is 0 Å². The summed E-state index contributed by atoms with van der Waals surface area (Å²) in [5, 5.41) is 0. The van der Waals surface area contributed by atoms with Gasteiger partial charge in [0.1, 0.15) is 11.6 Å². The van der Waals surface area contributed by atoms with Gasteiger partial charge in [-0.25, -0.2) is 8.78 Å². The first-order valence-corrected chi connectivity index (χ1v) is 5.84. The summed E-state index contributed by atoms with van der Waals surface area (Å²) >= 11 is 0. The van der Waals surface area contributed by atoms with Gasteiger partial charge in [-0.2, -0.15) is 0 Å². The maximum Gasteiger partial charge on any atom is 0.256 e. The van der Waals surface area contributed by atoms with Crippen LogP contribution in [0.2, 0.25) is 0 Å². The van der Waals surface area contributed by atoms with Crippen LogP contribution in [0.4, 0.5) is 8.78 Å². The first kappa shape index (κ1) is 13.6. The quantitative estimate of drug-likeness (QED) is 0.775. The number of carbonyl (C=O) groups excluding carboxylic acids is 1. The highest BCUT2D eigenvalue weighted by Gasteiger charge is 2.18. The third-order valence-corrected chi connectivity index (χ3v) is 2.44. The van der Waals surface area contributed by atoms with Crippen LogP contribution in [-0.4, -0.2) is 23.9 Å². The van der Waals surface area contributed by atoms with Gasteiger partial charge in [0.25, 0.3) is 5.91 Å². The van der Waals surface area contributed by atoms with Gasteiger partial charge < -0.3 is 4.90 Å². The van der Waals surface area contributed by atoms with Crippen LogP contribution < -0.4 is 0 Å². The second kappa shape index (κ2) is 6.33. The van der Waals surface area contributed by atoms with Gasteiger partial charge in [-0.05, 0) is 25.0 Å². The summed E-state index contributed by atoms with van der Waals surface area (Å²) in [7, 11) is 0.